The first-order valence-corrected chi connectivity index (χ1v) is 8.86. The van der Waals surface area contributed by atoms with Gasteiger partial charge in [0.05, 0.1) is 39.9 Å². The number of benzene rings is 1. The Morgan fingerprint density at radius 1 is 1.22 bits per heavy atom. The van der Waals surface area contributed by atoms with E-state index in [0.717, 1.165) is 31.8 Å². The highest BCUT2D eigenvalue weighted by molar-refractivity contribution is 5.79. The minimum atomic E-state index is -0.250. The number of nitrogens with zero attached hydrogens (tertiary/aromatic N) is 2. The van der Waals surface area contributed by atoms with Crippen molar-refractivity contribution in [3.8, 4) is 11.5 Å². The molecule has 0 aromatic heterocycles. The number of likely N-dealkylation sites (N-methyl/N-ethyl adjacent to an activating group) is 1. The minimum absolute atomic E-state index is 0.161. The van der Waals surface area contributed by atoms with Crippen molar-refractivity contribution in [2.45, 2.75) is 12.5 Å². The van der Waals surface area contributed by atoms with Crippen LogP contribution in [0.5, 0.6) is 11.5 Å². The van der Waals surface area contributed by atoms with Crippen molar-refractivity contribution in [2.75, 3.05) is 54.1 Å². The van der Waals surface area contributed by atoms with E-state index in [0.29, 0.717) is 30.4 Å². The van der Waals surface area contributed by atoms with E-state index >= 15 is 0 Å². The maximum absolute atomic E-state index is 12.8. The summed E-state index contributed by atoms with van der Waals surface area (Å²) in [6.07, 6.45) is 0.379. The third-order valence-corrected chi connectivity index (χ3v) is 4.90. The summed E-state index contributed by atoms with van der Waals surface area (Å²) in [7, 11) is 5.33. The van der Waals surface area contributed by atoms with Crippen LogP contribution in [0.3, 0.4) is 0 Å². The number of carboxylic acid groups (broad SMARTS) is 1. The van der Waals surface area contributed by atoms with Gasteiger partial charge in [-0.1, -0.05) is 6.07 Å². The highest BCUT2D eigenvalue weighted by atomic mass is 16.5. The zero-order valence-corrected chi connectivity index (χ0v) is 16.1. The maximum Gasteiger partial charge on any atom is 0.290 e. The molecule has 8 nitrogen and oxygen atoms in total. The zero-order valence-electron chi connectivity index (χ0n) is 16.1. The van der Waals surface area contributed by atoms with Crippen LogP contribution in [-0.2, 0) is 20.7 Å². The van der Waals surface area contributed by atoms with Crippen molar-refractivity contribution in [1.82, 2.24) is 9.80 Å². The number of hydrogen-bond acceptors (Lipinski definition) is 6. The van der Waals surface area contributed by atoms with Crippen molar-refractivity contribution in [1.29, 1.82) is 0 Å². The average molecular weight is 380 g/mol. The van der Waals surface area contributed by atoms with Gasteiger partial charge in [0, 0.05) is 25.6 Å². The van der Waals surface area contributed by atoms with E-state index in [2.05, 4.69) is 11.9 Å². The number of carbonyl (C=O) groups is 2. The topological polar surface area (TPSA) is 88.5 Å². The molecule has 0 aliphatic carbocycles. The third-order valence-electron chi connectivity index (χ3n) is 4.90. The fraction of sp³-hybridized carbons (Fsp3) is 0.579. The van der Waals surface area contributed by atoms with Crippen LogP contribution in [0.1, 0.15) is 5.56 Å². The molecule has 0 spiro atoms. The molecule has 2 fully saturated rings. The van der Waals surface area contributed by atoms with Crippen molar-refractivity contribution in [3.63, 3.8) is 0 Å². The van der Waals surface area contributed by atoms with Crippen LogP contribution in [0.4, 0.5) is 0 Å². The fourth-order valence-corrected chi connectivity index (χ4v) is 3.53. The van der Waals surface area contributed by atoms with Crippen molar-refractivity contribution < 1.29 is 28.9 Å². The van der Waals surface area contributed by atoms with E-state index in [-0.39, 0.29) is 18.4 Å². The molecule has 2 atom stereocenters. The smallest absolute Gasteiger partial charge is 0.290 e. The van der Waals surface area contributed by atoms with Crippen LogP contribution in [-0.4, -0.2) is 87.4 Å². The molecule has 0 unspecified atom stereocenters. The van der Waals surface area contributed by atoms with E-state index in [1.165, 1.54) is 0 Å². The lowest BCUT2D eigenvalue weighted by molar-refractivity contribution is -0.132. The molecule has 2 bridgehead atoms. The van der Waals surface area contributed by atoms with E-state index in [1.54, 1.807) is 14.2 Å². The molecule has 3 rings (SSSR count). The molecule has 8 heteroatoms. The predicted octanol–water partition coefficient (Wildman–Crippen LogP) is 0.736. The first kappa shape index (κ1) is 21.0. The largest absolute Gasteiger partial charge is 0.493 e. The summed E-state index contributed by atoms with van der Waals surface area (Å²) in [4.78, 5) is 25.5. The second-order valence-corrected chi connectivity index (χ2v) is 6.77. The molecular formula is C19H28N2O6. The van der Waals surface area contributed by atoms with Gasteiger partial charge in [0.25, 0.3) is 6.47 Å². The van der Waals surface area contributed by atoms with Crippen molar-refractivity contribution in [3.05, 3.63) is 23.8 Å². The van der Waals surface area contributed by atoms with E-state index < -0.39 is 0 Å². The third kappa shape index (κ3) is 5.58. The van der Waals surface area contributed by atoms with Gasteiger partial charge in [0.1, 0.15) is 0 Å². The van der Waals surface area contributed by atoms with Gasteiger partial charge >= 0.3 is 0 Å². The number of hydrogen-bond donors (Lipinski definition) is 1. The number of carbonyl (C=O) groups excluding carboxylic acids is 1. The Morgan fingerprint density at radius 3 is 2.59 bits per heavy atom. The summed E-state index contributed by atoms with van der Waals surface area (Å²) in [6.45, 7) is 3.69. The predicted molar refractivity (Wildman–Crippen MR) is 99.2 cm³/mol. The molecule has 2 aliphatic rings. The summed E-state index contributed by atoms with van der Waals surface area (Å²) in [5.74, 6) is 1.88. The molecule has 0 radical (unpaired) electrons. The molecule has 2 saturated heterocycles. The lowest BCUT2D eigenvalue weighted by Gasteiger charge is -2.30. The van der Waals surface area contributed by atoms with Gasteiger partial charge in [-0.05, 0) is 24.7 Å². The lowest BCUT2D eigenvalue weighted by Crippen LogP contribution is -2.45. The van der Waals surface area contributed by atoms with Crippen LogP contribution in [0, 0.1) is 5.92 Å². The number of methoxy groups -OCH3 is 2. The lowest BCUT2D eigenvalue weighted by atomic mass is 10.1. The van der Waals surface area contributed by atoms with Crippen LogP contribution in [0.15, 0.2) is 18.2 Å². The molecule has 27 heavy (non-hydrogen) atoms. The second kappa shape index (κ2) is 10.1. The van der Waals surface area contributed by atoms with Crippen LogP contribution >= 0.6 is 0 Å². The Bertz CT molecular complexity index is 639. The molecular weight excluding hydrogens is 352 g/mol. The van der Waals surface area contributed by atoms with Gasteiger partial charge in [-0.15, -0.1) is 0 Å². The van der Waals surface area contributed by atoms with Crippen molar-refractivity contribution in [2.24, 2.45) is 5.92 Å². The van der Waals surface area contributed by atoms with Crippen LogP contribution in [0.2, 0.25) is 0 Å². The van der Waals surface area contributed by atoms with Gasteiger partial charge in [-0.3, -0.25) is 14.5 Å². The Hall–Kier alpha value is -2.32. The minimum Gasteiger partial charge on any atom is -0.493 e. The van der Waals surface area contributed by atoms with Crippen LogP contribution in [0.25, 0.3) is 0 Å². The van der Waals surface area contributed by atoms with Crippen molar-refractivity contribution >= 4 is 12.4 Å². The number of ether oxygens (including phenoxy) is 3. The molecule has 2 heterocycles. The van der Waals surface area contributed by atoms with Gasteiger partial charge in [0.15, 0.2) is 11.5 Å². The molecule has 1 aromatic rings. The summed E-state index contributed by atoms with van der Waals surface area (Å²) >= 11 is 0. The van der Waals surface area contributed by atoms with E-state index in [9.17, 15) is 4.79 Å². The fourth-order valence-electron chi connectivity index (χ4n) is 3.53. The normalized spacial score (nSPS) is 22.1. The average Bonchev–Trinajstić information content (AvgIpc) is 2.90. The summed E-state index contributed by atoms with van der Waals surface area (Å²) < 4.78 is 16.3. The summed E-state index contributed by atoms with van der Waals surface area (Å²) in [6, 6.07) is 5.93. The molecule has 2 aliphatic heterocycles. The first-order chi connectivity index (χ1) is 13.0. The summed E-state index contributed by atoms with van der Waals surface area (Å²) in [5.41, 5.74) is 0.941. The van der Waals surface area contributed by atoms with Crippen LogP contribution < -0.4 is 9.47 Å². The highest BCUT2D eigenvalue weighted by Gasteiger charge is 2.33. The Balaban J connectivity index is 0.000000817. The second-order valence-electron chi connectivity index (χ2n) is 6.77. The number of amides is 1. The molecule has 150 valence electrons. The first-order valence-electron chi connectivity index (χ1n) is 8.86. The monoisotopic (exact) mass is 380 g/mol. The van der Waals surface area contributed by atoms with Gasteiger partial charge in [0.2, 0.25) is 5.91 Å². The SMILES string of the molecule is COc1ccc(CC(=O)N2C[C@@H]3COC[C@H](C2)N(C)C3)cc1OC.O=CO. The Labute approximate surface area is 159 Å². The molecule has 1 aromatic carbocycles. The van der Waals surface area contributed by atoms with E-state index in [4.69, 9.17) is 24.1 Å². The molecule has 1 N–H and O–H groups in total. The van der Waals surface area contributed by atoms with Gasteiger partial charge in [-0.25, -0.2) is 0 Å². The highest BCUT2D eigenvalue weighted by Crippen LogP contribution is 2.28. The number of rotatable bonds is 4. The zero-order chi connectivity index (χ0) is 19.8. The van der Waals surface area contributed by atoms with Gasteiger partial charge in [-0.2, -0.15) is 0 Å². The Kier molecular flexibility index (Phi) is 7.87. The standard InChI is InChI=1S/C18H26N2O4.CH2O2/c1-19-8-14-9-20(10-15(19)12-24-11-14)18(21)7-13-4-5-16(22-2)17(6-13)23-3;2-1-3/h4-6,14-15H,7-12H2,1-3H3;1H,(H,2,3)/t14-,15+;/m1./s1. The van der Waals surface area contributed by atoms with Gasteiger partial charge < -0.3 is 24.2 Å². The molecule has 0 saturated carbocycles. The summed E-state index contributed by atoms with van der Waals surface area (Å²) in [5, 5.41) is 6.89. The maximum atomic E-state index is 12.8. The number of fused-ring (bicyclic) bond motifs is 3. The Morgan fingerprint density at radius 2 is 1.93 bits per heavy atom. The van der Waals surface area contributed by atoms with E-state index in [1.807, 2.05) is 23.1 Å². The molecule has 1 amide bonds. The quantitative estimate of drug-likeness (QED) is 0.771.